The molecule has 0 unspecified atom stereocenters. The lowest BCUT2D eigenvalue weighted by molar-refractivity contribution is 0.448. The van der Waals surface area contributed by atoms with E-state index in [0.29, 0.717) is 0 Å². The number of rotatable bonds is 0. The van der Waals surface area contributed by atoms with Crippen LogP contribution in [-0.4, -0.2) is 22.7 Å². The van der Waals surface area contributed by atoms with Crippen LogP contribution in [0.2, 0.25) is 0 Å². The van der Waals surface area contributed by atoms with Crippen molar-refractivity contribution < 1.29 is 10.0 Å². The van der Waals surface area contributed by atoms with Crippen molar-refractivity contribution in [2.24, 2.45) is 0 Å². The summed E-state index contributed by atoms with van der Waals surface area (Å²) in [6, 6.07) is 14.2. The lowest BCUT2D eigenvalue weighted by Gasteiger charge is -2.10. The molecular weight excluding hydrogens is 189 g/mol. The van der Waals surface area contributed by atoms with Gasteiger partial charge in [0.2, 0.25) is 0 Å². The number of pyridine rings is 1. The topological polar surface area (TPSA) is 53.4 Å². The highest BCUT2D eigenvalue weighted by atomic mass is 16.4. The molecular formula is C11H11BNO2. The SMILES string of the molecule is O[B]O.c1cc2ccc1-2.c1ccncc1. The first-order chi connectivity index (χ1) is 7.38. The third-order valence-electron chi connectivity index (χ3n) is 1.78. The molecule has 0 bridgehead atoms. The second-order valence-corrected chi connectivity index (χ2v) is 2.72. The van der Waals surface area contributed by atoms with Gasteiger partial charge in [-0.1, -0.05) is 30.3 Å². The normalized spacial score (nSPS) is 8.67. The molecule has 3 rings (SSSR count). The van der Waals surface area contributed by atoms with Crippen LogP contribution >= 0.6 is 0 Å². The largest absolute Gasteiger partial charge is 0.482 e. The Hall–Kier alpha value is -1.65. The zero-order chi connectivity index (χ0) is 10.9. The lowest BCUT2D eigenvalue weighted by atomic mass is 9.95. The summed E-state index contributed by atoms with van der Waals surface area (Å²) in [5.74, 6) is 0. The molecule has 0 saturated heterocycles. The van der Waals surface area contributed by atoms with Crippen LogP contribution in [0.4, 0.5) is 0 Å². The predicted molar refractivity (Wildman–Crippen MR) is 59.9 cm³/mol. The summed E-state index contributed by atoms with van der Waals surface area (Å²) in [4.78, 5) is 3.78. The predicted octanol–water partition coefficient (Wildman–Crippen LogP) is 1.25. The number of nitrogens with zero attached hydrogens (tertiary/aromatic N) is 1. The van der Waals surface area contributed by atoms with E-state index in [1.807, 2.05) is 18.2 Å². The van der Waals surface area contributed by atoms with Gasteiger partial charge in [-0.2, -0.15) is 0 Å². The van der Waals surface area contributed by atoms with Crippen molar-refractivity contribution >= 4 is 7.69 Å². The third-order valence-corrected chi connectivity index (χ3v) is 1.78. The molecule has 0 amide bonds. The standard InChI is InChI=1S/C6H4.C5H5N.BH2O2/c1-2-6-4-3-5(1)6;1-2-4-6-5-3-1;2-1-3/h1-4H;1-5H;2-3H. The minimum Gasteiger partial charge on any atom is -0.429 e. The molecule has 3 nitrogen and oxygen atoms in total. The molecule has 2 aliphatic rings. The van der Waals surface area contributed by atoms with Crippen molar-refractivity contribution in [2.45, 2.75) is 0 Å². The molecule has 0 aromatic carbocycles. The molecule has 0 atom stereocenters. The summed E-state index contributed by atoms with van der Waals surface area (Å²) in [6.07, 6.45) is 3.50. The molecule has 1 aromatic rings. The van der Waals surface area contributed by atoms with Gasteiger partial charge in [-0.15, -0.1) is 0 Å². The van der Waals surface area contributed by atoms with Gasteiger partial charge in [-0.3, -0.25) is 4.98 Å². The van der Waals surface area contributed by atoms with E-state index in [0.717, 1.165) is 0 Å². The summed E-state index contributed by atoms with van der Waals surface area (Å²) in [5, 5.41) is 14.0. The van der Waals surface area contributed by atoms with Crippen LogP contribution in [0.15, 0.2) is 54.9 Å². The molecule has 2 aliphatic carbocycles. The van der Waals surface area contributed by atoms with Gasteiger partial charge in [0, 0.05) is 12.4 Å². The second-order valence-electron chi connectivity index (χ2n) is 2.72. The zero-order valence-electron chi connectivity index (χ0n) is 8.12. The first kappa shape index (κ1) is 11.4. The molecule has 0 spiro atoms. The number of hydrogen-bond donors (Lipinski definition) is 2. The van der Waals surface area contributed by atoms with Crippen molar-refractivity contribution in [3.8, 4) is 11.1 Å². The van der Waals surface area contributed by atoms with E-state index in [9.17, 15) is 0 Å². The minimum absolute atomic E-state index is 0. The van der Waals surface area contributed by atoms with Gasteiger partial charge >= 0.3 is 7.69 Å². The fourth-order valence-electron chi connectivity index (χ4n) is 0.975. The second kappa shape index (κ2) is 6.76. The minimum atomic E-state index is 0. The number of hydrogen-bond acceptors (Lipinski definition) is 3. The zero-order valence-corrected chi connectivity index (χ0v) is 8.12. The quantitative estimate of drug-likeness (QED) is 0.537. The monoisotopic (exact) mass is 200 g/mol. The van der Waals surface area contributed by atoms with E-state index in [1.54, 1.807) is 12.4 Å². The lowest BCUT2D eigenvalue weighted by Crippen LogP contribution is -1.85. The van der Waals surface area contributed by atoms with Crippen molar-refractivity contribution in [2.75, 3.05) is 0 Å². The highest BCUT2D eigenvalue weighted by Crippen LogP contribution is 2.29. The third kappa shape index (κ3) is 3.93. The molecule has 0 saturated carbocycles. The Kier molecular flexibility index (Phi) is 5.15. The Balaban J connectivity index is 0.000000121. The van der Waals surface area contributed by atoms with Gasteiger partial charge in [-0.25, -0.2) is 0 Å². The van der Waals surface area contributed by atoms with Gasteiger partial charge in [0.1, 0.15) is 0 Å². The van der Waals surface area contributed by atoms with Crippen molar-refractivity contribution in [3.63, 3.8) is 0 Å². The van der Waals surface area contributed by atoms with E-state index in [-0.39, 0.29) is 7.69 Å². The van der Waals surface area contributed by atoms with Crippen LogP contribution in [-0.2, 0) is 0 Å². The van der Waals surface area contributed by atoms with Gasteiger partial charge in [0.05, 0.1) is 0 Å². The summed E-state index contributed by atoms with van der Waals surface area (Å²) in [5.41, 5.74) is 2.85. The van der Waals surface area contributed by atoms with Crippen molar-refractivity contribution in [3.05, 3.63) is 54.9 Å². The summed E-state index contributed by atoms with van der Waals surface area (Å²) < 4.78 is 0. The smallest absolute Gasteiger partial charge is 0.429 e. The molecule has 4 heteroatoms. The number of aromatic nitrogens is 1. The molecule has 75 valence electrons. The average Bonchev–Trinajstić information content (AvgIpc) is 2.28. The average molecular weight is 200 g/mol. The fraction of sp³-hybridized carbons (Fsp3) is 0. The first-order valence-corrected chi connectivity index (χ1v) is 4.44. The van der Waals surface area contributed by atoms with E-state index in [1.165, 1.54) is 11.1 Å². The van der Waals surface area contributed by atoms with Gasteiger partial charge in [-0.05, 0) is 23.3 Å². The maximum absolute atomic E-state index is 7.00. The van der Waals surface area contributed by atoms with E-state index < -0.39 is 0 Å². The van der Waals surface area contributed by atoms with E-state index in [4.69, 9.17) is 10.0 Å². The van der Waals surface area contributed by atoms with Crippen LogP contribution in [0.25, 0.3) is 11.1 Å². The Labute approximate surface area is 89.4 Å². The first-order valence-electron chi connectivity index (χ1n) is 4.44. The van der Waals surface area contributed by atoms with Gasteiger partial charge < -0.3 is 10.0 Å². The van der Waals surface area contributed by atoms with Crippen LogP contribution in [0, 0.1) is 0 Å². The molecule has 0 aliphatic heterocycles. The van der Waals surface area contributed by atoms with E-state index in [2.05, 4.69) is 29.2 Å². The highest BCUT2D eigenvalue weighted by Gasteiger charge is 2.03. The van der Waals surface area contributed by atoms with Crippen LogP contribution in [0.1, 0.15) is 0 Å². The molecule has 2 N–H and O–H groups in total. The van der Waals surface area contributed by atoms with E-state index >= 15 is 0 Å². The Morgan fingerprint density at radius 1 is 0.800 bits per heavy atom. The Morgan fingerprint density at radius 3 is 1.27 bits per heavy atom. The van der Waals surface area contributed by atoms with Gasteiger partial charge in [0.15, 0.2) is 0 Å². The summed E-state index contributed by atoms with van der Waals surface area (Å²) in [7, 11) is 0. The van der Waals surface area contributed by atoms with Crippen LogP contribution in [0.3, 0.4) is 0 Å². The number of fused-ring (bicyclic) bond motifs is 1. The molecule has 0 fully saturated rings. The maximum Gasteiger partial charge on any atom is 0.482 e. The van der Waals surface area contributed by atoms with Crippen LogP contribution in [0.5, 0.6) is 0 Å². The fourth-order valence-corrected chi connectivity index (χ4v) is 0.975. The van der Waals surface area contributed by atoms with Crippen LogP contribution < -0.4 is 0 Å². The summed E-state index contributed by atoms with van der Waals surface area (Å²) in [6.45, 7) is 0. The Morgan fingerprint density at radius 2 is 1.20 bits per heavy atom. The number of benzene rings is 1. The molecule has 15 heavy (non-hydrogen) atoms. The van der Waals surface area contributed by atoms with Gasteiger partial charge in [0.25, 0.3) is 0 Å². The van der Waals surface area contributed by atoms with Crippen molar-refractivity contribution in [1.29, 1.82) is 0 Å². The highest BCUT2D eigenvalue weighted by molar-refractivity contribution is 6.13. The molecule has 1 radical (unpaired) electrons. The maximum atomic E-state index is 7.00. The summed E-state index contributed by atoms with van der Waals surface area (Å²) >= 11 is 0. The molecule has 1 aromatic heterocycles. The van der Waals surface area contributed by atoms with Crippen molar-refractivity contribution in [1.82, 2.24) is 4.98 Å². The molecule has 1 heterocycles. The Bertz CT molecular complexity index is 314.